The number of aromatic hydroxyl groups is 1. The van der Waals surface area contributed by atoms with Gasteiger partial charge in [-0.2, -0.15) is 0 Å². The number of unbranched alkanes of at least 4 members (excludes halogenated alkanes) is 1. The van der Waals surface area contributed by atoms with Crippen molar-refractivity contribution in [2.75, 3.05) is 5.75 Å². The summed E-state index contributed by atoms with van der Waals surface area (Å²) in [5.41, 5.74) is 5.67. The molecule has 0 unspecified atom stereocenters. The fourth-order valence-corrected chi connectivity index (χ4v) is 2.29. The zero-order valence-corrected chi connectivity index (χ0v) is 9.96. The molecule has 0 aliphatic heterocycles. The van der Waals surface area contributed by atoms with Gasteiger partial charge >= 0.3 is 0 Å². The van der Waals surface area contributed by atoms with Gasteiger partial charge in [-0.3, -0.25) is 0 Å². The summed E-state index contributed by atoms with van der Waals surface area (Å²) in [4.78, 5) is 1.13. The highest BCUT2D eigenvalue weighted by Gasteiger charge is 1.97. The third kappa shape index (κ3) is 5.70. The monoisotopic (exact) mass is 225 g/mol. The Balaban J connectivity index is 2.15. The van der Waals surface area contributed by atoms with Crippen LogP contribution in [0.1, 0.15) is 26.2 Å². The lowest BCUT2D eigenvalue weighted by Crippen LogP contribution is -2.13. The Morgan fingerprint density at radius 2 is 2.20 bits per heavy atom. The van der Waals surface area contributed by atoms with Crippen LogP contribution in [0, 0.1) is 0 Å². The van der Waals surface area contributed by atoms with Gasteiger partial charge in [0.1, 0.15) is 5.75 Å². The molecule has 0 aliphatic carbocycles. The van der Waals surface area contributed by atoms with Gasteiger partial charge in [0.05, 0.1) is 0 Å². The number of hydrogen-bond acceptors (Lipinski definition) is 3. The van der Waals surface area contributed by atoms with Crippen LogP contribution in [0.5, 0.6) is 5.75 Å². The standard InChI is InChI=1S/C12H19NOS/c1-10(13)5-2-3-8-15-12-7-4-6-11(14)9-12/h4,6-7,9-10,14H,2-3,5,8,13H2,1H3/t10-/m1/s1. The van der Waals surface area contributed by atoms with E-state index >= 15 is 0 Å². The average molecular weight is 225 g/mol. The van der Waals surface area contributed by atoms with Gasteiger partial charge in [-0.1, -0.05) is 12.5 Å². The number of benzene rings is 1. The molecule has 1 rings (SSSR count). The van der Waals surface area contributed by atoms with Crippen LogP contribution in [0.2, 0.25) is 0 Å². The van der Waals surface area contributed by atoms with E-state index in [-0.39, 0.29) is 0 Å². The largest absolute Gasteiger partial charge is 0.508 e. The predicted molar refractivity (Wildman–Crippen MR) is 66.3 cm³/mol. The van der Waals surface area contributed by atoms with Gasteiger partial charge in [0.15, 0.2) is 0 Å². The first-order chi connectivity index (χ1) is 7.18. The van der Waals surface area contributed by atoms with Gasteiger partial charge in [-0.25, -0.2) is 0 Å². The van der Waals surface area contributed by atoms with Crippen molar-refractivity contribution in [1.82, 2.24) is 0 Å². The summed E-state index contributed by atoms with van der Waals surface area (Å²) in [6, 6.07) is 7.71. The first-order valence-corrected chi connectivity index (χ1v) is 6.34. The van der Waals surface area contributed by atoms with E-state index in [4.69, 9.17) is 5.73 Å². The van der Waals surface area contributed by atoms with Crippen LogP contribution in [0.25, 0.3) is 0 Å². The molecule has 0 aliphatic rings. The van der Waals surface area contributed by atoms with Crippen LogP contribution in [0.15, 0.2) is 29.2 Å². The Hall–Kier alpha value is -0.670. The maximum Gasteiger partial charge on any atom is 0.116 e. The molecule has 0 saturated carbocycles. The van der Waals surface area contributed by atoms with Crippen LogP contribution < -0.4 is 5.73 Å². The summed E-state index contributed by atoms with van der Waals surface area (Å²) in [6.07, 6.45) is 3.46. The smallest absolute Gasteiger partial charge is 0.116 e. The lowest BCUT2D eigenvalue weighted by Gasteiger charge is -2.04. The van der Waals surface area contributed by atoms with Crippen molar-refractivity contribution in [3.63, 3.8) is 0 Å². The minimum Gasteiger partial charge on any atom is -0.508 e. The molecule has 0 heterocycles. The highest BCUT2D eigenvalue weighted by Crippen LogP contribution is 2.23. The van der Waals surface area contributed by atoms with Crippen LogP contribution >= 0.6 is 11.8 Å². The molecule has 0 bridgehead atoms. The number of thioether (sulfide) groups is 1. The summed E-state index contributed by atoms with van der Waals surface area (Å²) in [5, 5.41) is 9.26. The highest BCUT2D eigenvalue weighted by atomic mass is 32.2. The number of nitrogens with two attached hydrogens (primary N) is 1. The molecule has 3 N–H and O–H groups in total. The second kappa shape index (κ2) is 6.75. The molecule has 0 amide bonds. The minimum absolute atomic E-state index is 0.316. The van der Waals surface area contributed by atoms with Crippen molar-refractivity contribution in [2.45, 2.75) is 37.1 Å². The predicted octanol–water partition coefficient (Wildman–Crippen LogP) is 3.00. The van der Waals surface area contributed by atoms with Crippen LogP contribution in [-0.4, -0.2) is 16.9 Å². The second-order valence-electron chi connectivity index (χ2n) is 3.82. The van der Waals surface area contributed by atoms with Gasteiger partial charge in [0, 0.05) is 10.9 Å². The molecule has 0 saturated heterocycles. The van der Waals surface area contributed by atoms with E-state index in [9.17, 15) is 5.11 Å². The third-order valence-electron chi connectivity index (χ3n) is 2.14. The Morgan fingerprint density at radius 1 is 1.40 bits per heavy atom. The van der Waals surface area contributed by atoms with Crippen LogP contribution in [0.4, 0.5) is 0 Å². The summed E-state index contributed by atoms with van der Waals surface area (Å²) in [6.45, 7) is 2.04. The van der Waals surface area contributed by atoms with Crippen molar-refractivity contribution in [3.8, 4) is 5.75 Å². The minimum atomic E-state index is 0.316. The second-order valence-corrected chi connectivity index (χ2v) is 4.99. The molecule has 0 fully saturated rings. The Labute approximate surface area is 95.9 Å². The lowest BCUT2D eigenvalue weighted by molar-refractivity contribution is 0.474. The first kappa shape index (κ1) is 12.4. The Morgan fingerprint density at radius 3 is 2.87 bits per heavy atom. The van der Waals surface area contributed by atoms with E-state index in [1.54, 1.807) is 23.9 Å². The molecule has 0 aromatic heterocycles. The van der Waals surface area contributed by atoms with Crippen molar-refractivity contribution in [3.05, 3.63) is 24.3 Å². The maximum absolute atomic E-state index is 9.26. The quantitative estimate of drug-likeness (QED) is 0.578. The highest BCUT2D eigenvalue weighted by molar-refractivity contribution is 7.99. The fraction of sp³-hybridized carbons (Fsp3) is 0.500. The first-order valence-electron chi connectivity index (χ1n) is 5.36. The molecule has 3 heteroatoms. The van der Waals surface area contributed by atoms with E-state index in [0.717, 1.165) is 17.1 Å². The third-order valence-corrected chi connectivity index (χ3v) is 3.22. The lowest BCUT2D eigenvalue weighted by atomic mass is 10.2. The number of rotatable bonds is 6. The van der Waals surface area contributed by atoms with E-state index in [1.807, 2.05) is 19.1 Å². The molecule has 0 radical (unpaired) electrons. The van der Waals surface area contributed by atoms with Gasteiger partial charge in [0.2, 0.25) is 0 Å². The van der Waals surface area contributed by atoms with Crippen molar-refractivity contribution in [1.29, 1.82) is 0 Å². The van der Waals surface area contributed by atoms with Crippen molar-refractivity contribution < 1.29 is 5.11 Å². The van der Waals surface area contributed by atoms with E-state index in [2.05, 4.69) is 0 Å². The van der Waals surface area contributed by atoms with Gasteiger partial charge in [-0.15, -0.1) is 11.8 Å². The fourth-order valence-electron chi connectivity index (χ4n) is 1.33. The van der Waals surface area contributed by atoms with Gasteiger partial charge in [-0.05, 0) is 43.7 Å². The molecule has 15 heavy (non-hydrogen) atoms. The molecule has 84 valence electrons. The van der Waals surface area contributed by atoms with E-state index in [1.165, 1.54) is 12.8 Å². The maximum atomic E-state index is 9.26. The average Bonchev–Trinajstić information content (AvgIpc) is 2.17. The topological polar surface area (TPSA) is 46.2 Å². The molecule has 2 nitrogen and oxygen atoms in total. The summed E-state index contributed by atoms with van der Waals surface area (Å²) in [5.74, 6) is 1.44. The molecule has 1 aromatic carbocycles. The molecular weight excluding hydrogens is 206 g/mol. The van der Waals surface area contributed by atoms with Crippen LogP contribution in [0.3, 0.4) is 0 Å². The van der Waals surface area contributed by atoms with E-state index < -0.39 is 0 Å². The Kier molecular flexibility index (Phi) is 5.58. The van der Waals surface area contributed by atoms with E-state index in [0.29, 0.717) is 11.8 Å². The summed E-state index contributed by atoms with van der Waals surface area (Å²) in [7, 11) is 0. The molecule has 0 spiro atoms. The SMILES string of the molecule is C[C@@H](N)CCCCSc1cccc(O)c1. The van der Waals surface area contributed by atoms with Gasteiger partial charge < -0.3 is 10.8 Å². The molecule has 1 atom stereocenters. The molecular formula is C12H19NOS. The number of phenolic OH excluding ortho intramolecular Hbond substituents is 1. The summed E-state index contributed by atoms with van der Waals surface area (Å²) >= 11 is 1.79. The Bertz CT molecular complexity index is 289. The van der Waals surface area contributed by atoms with Crippen LogP contribution in [-0.2, 0) is 0 Å². The summed E-state index contributed by atoms with van der Waals surface area (Å²) < 4.78 is 0. The number of hydrogen-bond donors (Lipinski definition) is 2. The normalized spacial score (nSPS) is 12.7. The van der Waals surface area contributed by atoms with Crippen molar-refractivity contribution in [2.24, 2.45) is 5.73 Å². The molecule has 1 aromatic rings. The number of phenols is 1. The zero-order valence-electron chi connectivity index (χ0n) is 9.15. The zero-order chi connectivity index (χ0) is 11.1. The van der Waals surface area contributed by atoms with Gasteiger partial charge in [0.25, 0.3) is 0 Å². The van der Waals surface area contributed by atoms with Crippen molar-refractivity contribution >= 4 is 11.8 Å².